The summed E-state index contributed by atoms with van der Waals surface area (Å²) in [7, 11) is 0. The smallest absolute Gasteiger partial charge is 0.262 e. The Morgan fingerprint density at radius 3 is 2.83 bits per heavy atom. The maximum atomic E-state index is 6.34. The van der Waals surface area contributed by atoms with E-state index in [-0.39, 0.29) is 5.54 Å². The number of rotatable bonds is 3. The summed E-state index contributed by atoms with van der Waals surface area (Å²) in [6.07, 6.45) is 5.73. The minimum atomic E-state index is -0.196. The van der Waals surface area contributed by atoms with Gasteiger partial charge in [-0.15, -0.1) is 0 Å². The zero-order chi connectivity index (χ0) is 12.4. The Labute approximate surface area is 106 Å². The summed E-state index contributed by atoms with van der Waals surface area (Å²) < 4.78 is 11.0. The first-order chi connectivity index (χ1) is 8.77. The van der Waals surface area contributed by atoms with Gasteiger partial charge < -0.3 is 15.0 Å². The minimum Gasteiger partial charge on any atom is -0.473 e. The molecule has 1 fully saturated rings. The van der Waals surface area contributed by atoms with Crippen molar-refractivity contribution in [2.75, 3.05) is 6.61 Å². The van der Waals surface area contributed by atoms with Crippen LogP contribution in [0.3, 0.4) is 0 Å². The van der Waals surface area contributed by atoms with Gasteiger partial charge in [0, 0.05) is 0 Å². The fourth-order valence-corrected chi connectivity index (χ4v) is 2.58. The third-order valence-corrected chi connectivity index (χ3v) is 3.69. The van der Waals surface area contributed by atoms with E-state index in [1.54, 1.807) is 0 Å². The lowest BCUT2D eigenvalue weighted by Gasteiger charge is -2.32. The fourth-order valence-electron chi connectivity index (χ4n) is 2.58. The number of nitrogens with two attached hydrogens (primary N) is 1. The van der Waals surface area contributed by atoms with E-state index in [1.807, 2.05) is 24.3 Å². The van der Waals surface area contributed by atoms with Crippen molar-refractivity contribution in [3.8, 4) is 5.88 Å². The third-order valence-electron chi connectivity index (χ3n) is 3.69. The zero-order valence-electron chi connectivity index (χ0n) is 10.4. The standard InChI is InChI=1S/C14H18N2O2/c15-14(8-4-1-5-9-14)10-17-13-11-6-2-3-7-12(11)18-16-13/h2-3,6-7H,1,4-5,8-10,15H2. The van der Waals surface area contributed by atoms with Crippen molar-refractivity contribution in [1.29, 1.82) is 0 Å². The lowest BCUT2D eigenvalue weighted by atomic mass is 9.83. The number of aromatic nitrogens is 1. The molecule has 0 saturated heterocycles. The quantitative estimate of drug-likeness (QED) is 0.904. The van der Waals surface area contributed by atoms with Gasteiger partial charge in [0.15, 0.2) is 5.58 Å². The molecule has 0 unspecified atom stereocenters. The summed E-state index contributed by atoms with van der Waals surface area (Å²) in [5.74, 6) is 0.556. The topological polar surface area (TPSA) is 61.3 Å². The molecule has 4 heteroatoms. The molecular formula is C14H18N2O2. The number of hydrogen-bond acceptors (Lipinski definition) is 4. The van der Waals surface area contributed by atoms with Gasteiger partial charge >= 0.3 is 0 Å². The molecule has 0 atom stereocenters. The van der Waals surface area contributed by atoms with Gasteiger partial charge in [-0.3, -0.25) is 0 Å². The average molecular weight is 246 g/mol. The third kappa shape index (κ3) is 2.20. The molecule has 1 aromatic heterocycles. The molecule has 96 valence electrons. The van der Waals surface area contributed by atoms with E-state index < -0.39 is 0 Å². The van der Waals surface area contributed by atoms with Crippen LogP contribution in [0, 0.1) is 0 Å². The molecule has 0 spiro atoms. The average Bonchev–Trinajstić information content (AvgIpc) is 2.81. The number of benzene rings is 1. The van der Waals surface area contributed by atoms with Crippen molar-refractivity contribution in [2.45, 2.75) is 37.6 Å². The van der Waals surface area contributed by atoms with E-state index in [0.717, 1.165) is 23.8 Å². The van der Waals surface area contributed by atoms with Crippen LogP contribution in [0.2, 0.25) is 0 Å². The Morgan fingerprint density at radius 2 is 2.00 bits per heavy atom. The number of para-hydroxylation sites is 1. The predicted octanol–water partition coefficient (Wildman–Crippen LogP) is 2.87. The number of hydrogen-bond donors (Lipinski definition) is 1. The Bertz CT molecular complexity index is 529. The highest BCUT2D eigenvalue weighted by Gasteiger charge is 2.28. The normalized spacial score (nSPS) is 18.9. The molecule has 0 amide bonds. The first-order valence-electron chi connectivity index (χ1n) is 6.53. The van der Waals surface area contributed by atoms with Crippen LogP contribution in [0.15, 0.2) is 28.8 Å². The monoisotopic (exact) mass is 246 g/mol. The summed E-state index contributed by atoms with van der Waals surface area (Å²) >= 11 is 0. The molecule has 0 aliphatic heterocycles. The van der Waals surface area contributed by atoms with Crippen LogP contribution in [0.25, 0.3) is 11.0 Å². The van der Waals surface area contributed by atoms with E-state index in [0.29, 0.717) is 12.5 Å². The van der Waals surface area contributed by atoms with Crippen molar-refractivity contribution in [2.24, 2.45) is 5.73 Å². The molecule has 1 aliphatic carbocycles. The number of nitrogens with zero attached hydrogens (tertiary/aromatic N) is 1. The van der Waals surface area contributed by atoms with E-state index in [1.165, 1.54) is 19.3 Å². The predicted molar refractivity (Wildman–Crippen MR) is 69.5 cm³/mol. The molecule has 0 bridgehead atoms. The maximum absolute atomic E-state index is 6.34. The van der Waals surface area contributed by atoms with Gasteiger partial charge in [0.2, 0.25) is 0 Å². The lowest BCUT2D eigenvalue weighted by molar-refractivity contribution is 0.165. The van der Waals surface area contributed by atoms with Gasteiger partial charge in [-0.25, -0.2) is 0 Å². The van der Waals surface area contributed by atoms with Gasteiger partial charge in [-0.2, -0.15) is 0 Å². The Morgan fingerprint density at radius 1 is 1.22 bits per heavy atom. The highest BCUT2D eigenvalue weighted by Crippen LogP contribution is 2.29. The maximum Gasteiger partial charge on any atom is 0.262 e. The SMILES string of the molecule is NC1(COc2noc3ccccc23)CCCCC1. The Hall–Kier alpha value is -1.55. The van der Waals surface area contributed by atoms with E-state index >= 15 is 0 Å². The van der Waals surface area contributed by atoms with Crippen molar-refractivity contribution < 1.29 is 9.26 Å². The minimum absolute atomic E-state index is 0.196. The molecule has 1 aliphatic rings. The lowest BCUT2D eigenvalue weighted by Crippen LogP contribution is -2.47. The highest BCUT2D eigenvalue weighted by atomic mass is 16.5. The van der Waals surface area contributed by atoms with E-state index in [9.17, 15) is 0 Å². The van der Waals surface area contributed by atoms with Gasteiger partial charge in [0.05, 0.1) is 10.9 Å². The van der Waals surface area contributed by atoms with E-state index in [2.05, 4.69) is 5.16 Å². The first kappa shape index (κ1) is 11.5. The largest absolute Gasteiger partial charge is 0.473 e. The Balaban J connectivity index is 1.73. The Kier molecular flexibility index (Phi) is 2.96. The fraction of sp³-hybridized carbons (Fsp3) is 0.500. The van der Waals surface area contributed by atoms with Crippen LogP contribution < -0.4 is 10.5 Å². The molecule has 3 rings (SSSR count). The summed E-state index contributed by atoms with van der Waals surface area (Å²) in [6.45, 7) is 0.517. The highest BCUT2D eigenvalue weighted by molar-refractivity contribution is 5.81. The van der Waals surface area contributed by atoms with Crippen molar-refractivity contribution in [3.05, 3.63) is 24.3 Å². The van der Waals surface area contributed by atoms with Gasteiger partial charge in [0.1, 0.15) is 6.61 Å². The van der Waals surface area contributed by atoms with Crippen LogP contribution >= 0.6 is 0 Å². The summed E-state index contributed by atoms with van der Waals surface area (Å²) in [5, 5.41) is 4.87. The molecule has 1 heterocycles. The summed E-state index contributed by atoms with van der Waals surface area (Å²) in [4.78, 5) is 0. The van der Waals surface area contributed by atoms with E-state index in [4.69, 9.17) is 15.0 Å². The molecule has 1 aromatic carbocycles. The summed E-state index contributed by atoms with van der Waals surface area (Å²) in [5.41, 5.74) is 6.89. The van der Waals surface area contributed by atoms with Gasteiger partial charge in [0.25, 0.3) is 5.88 Å². The van der Waals surface area contributed by atoms with Crippen LogP contribution in [-0.4, -0.2) is 17.3 Å². The molecule has 0 radical (unpaired) electrons. The molecule has 2 aromatic rings. The first-order valence-corrected chi connectivity index (χ1v) is 6.53. The second-order valence-electron chi connectivity index (χ2n) is 5.20. The van der Waals surface area contributed by atoms with Crippen LogP contribution in [-0.2, 0) is 0 Å². The second-order valence-corrected chi connectivity index (χ2v) is 5.20. The van der Waals surface area contributed by atoms with Crippen LogP contribution in [0.1, 0.15) is 32.1 Å². The molecular weight excluding hydrogens is 228 g/mol. The number of ether oxygens (including phenoxy) is 1. The van der Waals surface area contributed by atoms with Crippen molar-refractivity contribution >= 4 is 11.0 Å². The van der Waals surface area contributed by atoms with Crippen LogP contribution in [0.4, 0.5) is 0 Å². The van der Waals surface area contributed by atoms with Gasteiger partial charge in [-0.1, -0.05) is 31.4 Å². The van der Waals surface area contributed by atoms with Crippen LogP contribution in [0.5, 0.6) is 5.88 Å². The zero-order valence-corrected chi connectivity index (χ0v) is 10.4. The summed E-state index contributed by atoms with van der Waals surface area (Å²) in [6, 6.07) is 7.70. The number of fused-ring (bicyclic) bond motifs is 1. The van der Waals surface area contributed by atoms with Crippen molar-refractivity contribution in [1.82, 2.24) is 5.16 Å². The second kappa shape index (κ2) is 4.61. The van der Waals surface area contributed by atoms with Gasteiger partial charge in [-0.05, 0) is 30.1 Å². The molecule has 1 saturated carbocycles. The van der Waals surface area contributed by atoms with Crippen molar-refractivity contribution in [3.63, 3.8) is 0 Å². The molecule has 2 N–H and O–H groups in total. The molecule has 4 nitrogen and oxygen atoms in total. The molecule has 18 heavy (non-hydrogen) atoms.